The summed E-state index contributed by atoms with van der Waals surface area (Å²) >= 11 is 13.5. The average Bonchev–Trinajstić information content (AvgIpc) is 2.40. The molecule has 0 unspecified atom stereocenters. The Morgan fingerprint density at radius 2 is 2.00 bits per heavy atom. The standard InChI is InChI=1S/C13H16Cl2N2O3S/c1-7-5-9(15)11(6-8(7)14)17-13(20)16-10(12(18)19)3-4-21-2/h5-6,10H,3-4H2,1-2H3,(H,18,19)(H2,16,17,20)/t10-/m1/s1. The molecule has 0 bridgehead atoms. The molecule has 8 heteroatoms. The first kappa shape index (κ1) is 17.9. The number of rotatable bonds is 6. The molecule has 0 saturated carbocycles. The number of urea groups is 1. The number of aryl methyl sites for hydroxylation is 1. The Hall–Kier alpha value is -1.11. The average molecular weight is 351 g/mol. The largest absolute Gasteiger partial charge is 0.480 e. The first-order chi connectivity index (χ1) is 9.85. The van der Waals surface area contributed by atoms with E-state index in [9.17, 15) is 9.59 Å². The molecule has 1 rings (SSSR count). The van der Waals surface area contributed by atoms with Gasteiger partial charge in [-0.2, -0.15) is 11.8 Å². The van der Waals surface area contributed by atoms with Crippen molar-refractivity contribution in [3.8, 4) is 0 Å². The molecule has 21 heavy (non-hydrogen) atoms. The summed E-state index contributed by atoms with van der Waals surface area (Å²) in [5.74, 6) is -0.443. The van der Waals surface area contributed by atoms with Crippen LogP contribution in [-0.4, -0.2) is 35.2 Å². The zero-order chi connectivity index (χ0) is 16.0. The second kappa shape index (κ2) is 8.36. The van der Waals surface area contributed by atoms with Gasteiger partial charge in [0.2, 0.25) is 0 Å². The second-order valence-corrected chi connectivity index (χ2v) is 6.15. The minimum absolute atomic E-state index is 0.332. The van der Waals surface area contributed by atoms with E-state index in [4.69, 9.17) is 28.3 Å². The van der Waals surface area contributed by atoms with Crippen molar-refractivity contribution in [1.82, 2.24) is 5.32 Å². The van der Waals surface area contributed by atoms with E-state index in [-0.39, 0.29) is 0 Å². The molecule has 1 atom stereocenters. The lowest BCUT2D eigenvalue weighted by molar-refractivity contribution is -0.139. The maximum absolute atomic E-state index is 11.8. The quantitative estimate of drug-likeness (QED) is 0.731. The Morgan fingerprint density at radius 1 is 1.33 bits per heavy atom. The summed E-state index contributed by atoms with van der Waals surface area (Å²) < 4.78 is 0. The number of aliphatic carboxylic acids is 1. The van der Waals surface area contributed by atoms with Gasteiger partial charge in [-0.1, -0.05) is 23.2 Å². The van der Waals surface area contributed by atoms with Gasteiger partial charge in [-0.3, -0.25) is 0 Å². The number of carboxylic acid groups (broad SMARTS) is 1. The van der Waals surface area contributed by atoms with Crippen molar-refractivity contribution >= 4 is 52.7 Å². The Morgan fingerprint density at radius 3 is 2.57 bits per heavy atom. The molecular formula is C13H16Cl2N2O3S. The molecule has 0 aliphatic rings. The summed E-state index contributed by atoms with van der Waals surface area (Å²) in [7, 11) is 0. The normalized spacial score (nSPS) is 11.8. The number of carboxylic acids is 1. The van der Waals surface area contributed by atoms with Gasteiger partial charge in [-0.25, -0.2) is 9.59 Å². The maximum Gasteiger partial charge on any atom is 0.326 e. The lowest BCUT2D eigenvalue weighted by Gasteiger charge is -2.15. The highest BCUT2D eigenvalue weighted by Gasteiger charge is 2.19. The van der Waals surface area contributed by atoms with Gasteiger partial charge in [0.05, 0.1) is 10.7 Å². The first-order valence-corrected chi connectivity index (χ1v) is 8.25. The third kappa shape index (κ3) is 5.65. The number of benzene rings is 1. The lowest BCUT2D eigenvalue weighted by Crippen LogP contribution is -2.43. The van der Waals surface area contributed by atoms with Crippen LogP contribution in [0.5, 0.6) is 0 Å². The van der Waals surface area contributed by atoms with Crippen molar-refractivity contribution in [2.75, 3.05) is 17.3 Å². The van der Waals surface area contributed by atoms with Crippen LogP contribution in [0.25, 0.3) is 0 Å². The molecule has 0 aliphatic heterocycles. The Kier molecular flexibility index (Phi) is 7.14. The highest BCUT2D eigenvalue weighted by Crippen LogP contribution is 2.28. The molecule has 5 nitrogen and oxygen atoms in total. The fourth-order valence-corrected chi connectivity index (χ4v) is 2.45. The summed E-state index contributed by atoms with van der Waals surface area (Å²) in [5.41, 5.74) is 1.12. The molecular weight excluding hydrogens is 335 g/mol. The van der Waals surface area contributed by atoms with Crippen LogP contribution in [0.2, 0.25) is 10.0 Å². The smallest absolute Gasteiger partial charge is 0.326 e. The van der Waals surface area contributed by atoms with Gasteiger partial charge in [0.25, 0.3) is 0 Å². The minimum Gasteiger partial charge on any atom is -0.480 e. The van der Waals surface area contributed by atoms with Gasteiger partial charge in [-0.05, 0) is 43.0 Å². The van der Waals surface area contributed by atoms with Crippen molar-refractivity contribution < 1.29 is 14.7 Å². The van der Waals surface area contributed by atoms with E-state index in [2.05, 4.69) is 10.6 Å². The van der Waals surface area contributed by atoms with Gasteiger partial charge < -0.3 is 15.7 Å². The zero-order valence-electron chi connectivity index (χ0n) is 11.6. The topological polar surface area (TPSA) is 78.4 Å². The third-order valence-corrected chi connectivity index (χ3v) is 4.07. The molecule has 2 amide bonds. The molecule has 0 saturated heterocycles. The number of amides is 2. The maximum atomic E-state index is 11.8. The molecule has 0 fully saturated rings. The second-order valence-electron chi connectivity index (χ2n) is 4.35. The van der Waals surface area contributed by atoms with Crippen molar-refractivity contribution in [2.24, 2.45) is 0 Å². The molecule has 0 spiro atoms. The van der Waals surface area contributed by atoms with E-state index in [0.717, 1.165) is 5.56 Å². The molecule has 0 aliphatic carbocycles. The van der Waals surface area contributed by atoms with Gasteiger partial charge in [-0.15, -0.1) is 0 Å². The van der Waals surface area contributed by atoms with Gasteiger partial charge in [0.15, 0.2) is 0 Å². The van der Waals surface area contributed by atoms with Crippen LogP contribution in [0.1, 0.15) is 12.0 Å². The van der Waals surface area contributed by atoms with Crippen LogP contribution in [0, 0.1) is 6.92 Å². The number of halogens is 2. The Bertz CT molecular complexity index is 540. The fraction of sp³-hybridized carbons (Fsp3) is 0.385. The van der Waals surface area contributed by atoms with Crippen molar-refractivity contribution in [1.29, 1.82) is 0 Å². The van der Waals surface area contributed by atoms with Crippen molar-refractivity contribution in [3.05, 3.63) is 27.7 Å². The molecule has 1 aromatic rings. The van der Waals surface area contributed by atoms with E-state index in [1.165, 1.54) is 17.8 Å². The minimum atomic E-state index is -1.08. The number of hydrogen-bond donors (Lipinski definition) is 3. The number of anilines is 1. The van der Waals surface area contributed by atoms with E-state index in [1.807, 2.05) is 6.26 Å². The zero-order valence-corrected chi connectivity index (χ0v) is 13.9. The summed E-state index contributed by atoms with van der Waals surface area (Å²) in [6.07, 6.45) is 2.21. The molecule has 0 heterocycles. The summed E-state index contributed by atoms with van der Waals surface area (Å²) in [6.45, 7) is 1.79. The third-order valence-electron chi connectivity index (χ3n) is 2.71. The van der Waals surface area contributed by atoms with E-state index in [1.54, 1.807) is 13.0 Å². The van der Waals surface area contributed by atoms with Crippen LogP contribution < -0.4 is 10.6 Å². The Balaban J connectivity index is 2.72. The molecule has 3 N–H and O–H groups in total. The monoisotopic (exact) mass is 350 g/mol. The van der Waals surface area contributed by atoms with E-state index in [0.29, 0.717) is 27.9 Å². The number of carbonyl (C=O) groups excluding carboxylic acids is 1. The SMILES string of the molecule is CSCC[C@@H](NC(=O)Nc1cc(Cl)c(C)cc1Cl)C(=O)O. The summed E-state index contributed by atoms with van der Waals surface area (Å²) in [4.78, 5) is 22.9. The van der Waals surface area contributed by atoms with Crippen LogP contribution in [0.3, 0.4) is 0 Å². The predicted octanol–water partition coefficient (Wildman–Crippen LogP) is 3.63. The van der Waals surface area contributed by atoms with Crippen LogP contribution in [0.4, 0.5) is 10.5 Å². The van der Waals surface area contributed by atoms with Crippen LogP contribution in [-0.2, 0) is 4.79 Å². The Labute approximate surface area is 137 Å². The highest BCUT2D eigenvalue weighted by molar-refractivity contribution is 7.98. The van der Waals surface area contributed by atoms with Gasteiger partial charge in [0, 0.05) is 5.02 Å². The number of nitrogens with one attached hydrogen (secondary N) is 2. The molecule has 1 aromatic carbocycles. The number of thioether (sulfide) groups is 1. The first-order valence-electron chi connectivity index (χ1n) is 6.10. The number of carbonyl (C=O) groups is 2. The molecule has 0 aromatic heterocycles. The summed E-state index contributed by atoms with van der Waals surface area (Å²) in [5, 5.41) is 14.8. The van der Waals surface area contributed by atoms with Crippen LogP contribution in [0.15, 0.2) is 12.1 Å². The number of hydrogen-bond acceptors (Lipinski definition) is 3. The van der Waals surface area contributed by atoms with E-state index < -0.39 is 18.0 Å². The highest BCUT2D eigenvalue weighted by atomic mass is 35.5. The van der Waals surface area contributed by atoms with Gasteiger partial charge >= 0.3 is 12.0 Å². The van der Waals surface area contributed by atoms with E-state index >= 15 is 0 Å². The van der Waals surface area contributed by atoms with Crippen molar-refractivity contribution in [3.63, 3.8) is 0 Å². The molecule has 116 valence electrons. The van der Waals surface area contributed by atoms with Crippen LogP contribution >= 0.6 is 35.0 Å². The van der Waals surface area contributed by atoms with Crippen molar-refractivity contribution in [2.45, 2.75) is 19.4 Å². The molecule has 0 radical (unpaired) electrons. The van der Waals surface area contributed by atoms with Gasteiger partial charge in [0.1, 0.15) is 6.04 Å². The predicted molar refractivity (Wildman–Crippen MR) is 87.8 cm³/mol. The lowest BCUT2D eigenvalue weighted by atomic mass is 10.2. The summed E-state index contributed by atoms with van der Waals surface area (Å²) in [6, 6.07) is 1.57. The fourth-order valence-electron chi connectivity index (χ4n) is 1.55.